The Bertz CT molecular complexity index is 820. The van der Waals surface area contributed by atoms with E-state index in [0.717, 1.165) is 0 Å². The van der Waals surface area contributed by atoms with Crippen LogP contribution in [-0.4, -0.2) is 44.4 Å². The Labute approximate surface area is 238 Å². The molecule has 0 bridgehead atoms. The van der Waals surface area contributed by atoms with Crippen molar-refractivity contribution < 1.29 is 0 Å². The van der Waals surface area contributed by atoms with Crippen molar-refractivity contribution >= 4 is 56.6 Å². The number of rotatable bonds is 6. The summed E-state index contributed by atoms with van der Waals surface area (Å²) < 4.78 is 5.16. The van der Waals surface area contributed by atoms with E-state index in [0.29, 0.717) is 17.1 Å². The van der Waals surface area contributed by atoms with E-state index >= 15 is 0 Å². The van der Waals surface area contributed by atoms with Gasteiger partial charge in [-0.2, -0.15) is 0 Å². The van der Waals surface area contributed by atoms with E-state index in [1.54, 1.807) is 0 Å². The molecule has 0 aliphatic heterocycles. The van der Waals surface area contributed by atoms with E-state index in [1.807, 2.05) is 8.12 Å². The van der Waals surface area contributed by atoms with Gasteiger partial charge in [-0.15, -0.1) is 8.12 Å². The van der Waals surface area contributed by atoms with Crippen LogP contribution in [0.3, 0.4) is 0 Å². The first-order valence-electron chi connectivity index (χ1n) is 14.2. The fourth-order valence-electron chi connectivity index (χ4n) is 6.98. The zero-order valence-corrected chi connectivity index (χ0v) is 31.9. The van der Waals surface area contributed by atoms with Crippen LogP contribution >= 0.6 is 0 Å². The molecule has 0 unspecified atom stereocenters. The topological polar surface area (TPSA) is 0 Å². The third-order valence-electron chi connectivity index (χ3n) is 7.40. The number of hydrogen-bond acceptors (Lipinski definition) is 0. The fraction of sp³-hybridized carbons (Fsp3) is 0.688. The van der Waals surface area contributed by atoms with E-state index in [4.69, 9.17) is 0 Å². The molecule has 0 saturated heterocycles. The minimum atomic E-state index is -1.45. The van der Waals surface area contributed by atoms with Crippen LogP contribution in [-0.2, 0) is 0 Å². The molecule has 1 aromatic carbocycles. The zero-order valence-electron chi connectivity index (χ0n) is 27.6. The molecule has 0 aromatic heterocycles. The molecule has 0 nitrogen and oxygen atoms in total. The third-order valence-corrected chi connectivity index (χ3v) is 26.6. The Hall–Kier alpha value is 0.199. The van der Waals surface area contributed by atoms with Crippen LogP contribution in [0.2, 0.25) is 56.4 Å². The summed E-state index contributed by atoms with van der Waals surface area (Å²) in [6, 6.07) is 9.59. The van der Waals surface area contributed by atoms with Gasteiger partial charge in [-0.3, -0.25) is 0 Å². The lowest BCUT2D eigenvalue weighted by molar-refractivity contribution is 0.650. The lowest BCUT2D eigenvalue weighted by Gasteiger charge is -2.42. The van der Waals surface area contributed by atoms with Crippen molar-refractivity contribution in [1.29, 1.82) is 0 Å². The summed E-state index contributed by atoms with van der Waals surface area (Å²) in [6.07, 6.45) is 5.24. The maximum Gasteiger partial charge on any atom is 0.305 e. The molecule has 0 aliphatic rings. The molecule has 0 spiro atoms. The largest absolute Gasteiger partial charge is 0.305 e. The van der Waals surface area contributed by atoms with E-state index in [1.165, 1.54) is 11.1 Å². The molecule has 0 fully saturated rings. The van der Waals surface area contributed by atoms with Gasteiger partial charge in [0.1, 0.15) is 0 Å². The Balaban J connectivity index is 3.68. The van der Waals surface area contributed by atoms with Gasteiger partial charge in [0.25, 0.3) is 0 Å². The van der Waals surface area contributed by atoms with Gasteiger partial charge in [0.05, 0.1) is 16.1 Å². The molecule has 1 aromatic rings. The van der Waals surface area contributed by atoms with Crippen LogP contribution in [0.1, 0.15) is 94.2 Å². The number of benzene rings is 1. The molecule has 202 valence electrons. The monoisotopic (exact) mass is 554 g/mol. The maximum absolute atomic E-state index is 2.62. The summed E-state index contributed by atoms with van der Waals surface area (Å²) in [5.41, 5.74) is 2.79. The fourth-order valence-corrected chi connectivity index (χ4v) is 29.9. The van der Waals surface area contributed by atoms with Gasteiger partial charge in [0, 0.05) is 0 Å². The molecule has 36 heavy (non-hydrogen) atoms. The first-order chi connectivity index (χ1) is 15.7. The highest BCUT2D eigenvalue weighted by Crippen LogP contribution is 2.49. The Morgan fingerprint density at radius 2 is 0.667 bits per heavy atom. The van der Waals surface area contributed by atoms with Gasteiger partial charge < -0.3 is 0 Å². The lowest BCUT2D eigenvalue weighted by atomic mass is 10.1. The quantitative estimate of drug-likeness (QED) is 0.307. The molecule has 1 rings (SSSR count). The summed E-state index contributed by atoms with van der Waals surface area (Å²) in [6.45, 7) is 45.1. The van der Waals surface area contributed by atoms with Crippen molar-refractivity contribution in [3.8, 4) is 0 Å². The van der Waals surface area contributed by atoms with Crippen molar-refractivity contribution in [1.82, 2.24) is 0 Å². The summed E-state index contributed by atoms with van der Waals surface area (Å²) in [5.74, 6) is 0. The van der Waals surface area contributed by atoms with E-state index in [9.17, 15) is 0 Å². The van der Waals surface area contributed by atoms with Gasteiger partial charge in [0.2, 0.25) is 0 Å². The molecule has 4 heteroatoms. The second kappa shape index (κ2) is 11.4. The van der Waals surface area contributed by atoms with Crippen molar-refractivity contribution in [3.05, 3.63) is 43.5 Å². The smallest absolute Gasteiger partial charge is 0.138 e. The van der Waals surface area contributed by atoms with Crippen LogP contribution in [0, 0.1) is 0 Å². The predicted octanol–water partition coefficient (Wildman–Crippen LogP) is 11.5. The molecule has 0 amide bonds. The first-order valence-corrected chi connectivity index (χ1v) is 24.7. The minimum absolute atomic E-state index is 0.374. The maximum atomic E-state index is 2.62. The lowest BCUT2D eigenvalue weighted by Crippen LogP contribution is -2.45. The third kappa shape index (κ3) is 9.74. The van der Waals surface area contributed by atoms with Crippen molar-refractivity contribution in [3.63, 3.8) is 0 Å². The molecule has 0 aliphatic carbocycles. The molecular weight excluding hydrogens is 494 g/mol. The van der Waals surface area contributed by atoms with Crippen LogP contribution < -0.4 is 0 Å². The van der Waals surface area contributed by atoms with Crippen LogP contribution in [0.15, 0.2) is 32.4 Å². The molecule has 0 N–H and O–H groups in total. The van der Waals surface area contributed by atoms with Gasteiger partial charge in [-0.05, 0) is 11.1 Å². The molecule has 0 atom stereocenters. The zero-order chi connectivity index (χ0) is 28.7. The van der Waals surface area contributed by atoms with Gasteiger partial charge in [-0.25, -0.2) is 0 Å². The SMILES string of the molecule is C[C](C)(C)[Al](/[C](=C\c1ccc(/C=[C](\[Al]([C](C)(C)C)[C](C)(C)C)[Si](C)(C)C)cc1)[Si](C)(C)C)[C](C)(C)C. The van der Waals surface area contributed by atoms with Crippen LogP contribution in [0.4, 0.5) is 0 Å². The normalized spacial score (nSPS) is 15.3. The summed E-state index contributed by atoms with van der Waals surface area (Å²) in [7, 11) is -2.90. The Morgan fingerprint density at radius 3 is 0.806 bits per heavy atom. The number of hydrogen-bond donors (Lipinski definition) is 0. The highest BCUT2D eigenvalue weighted by molar-refractivity contribution is 7.01. The van der Waals surface area contributed by atoms with E-state index in [-0.39, 0.29) is 0 Å². The second-order valence-corrected chi connectivity index (χ2v) is 38.9. The molecule has 0 saturated carbocycles. The molecule has 0 radical (unpaired) electrons. The average Bonchev–Trinajstić information content (AvgIpc) is 2.55. The van der Waals surface area contributed by atoms with E-state index < -0.39 is 44.4 Å². The van der Waals surface area contributed by atoms with Crippen molar-refractivity contribution in [2.75, 3.05) is 0 Å². The van der Waals surface area contributed by atoms with Crippen LogP contribution in [0.25, 0.3) is 12.2 Å². The van der Waals surface area contributed by atoms with E-state index in [2.05, 4.69) is 159 Å². The Kier molecular flexibility index (Phi) is 10.8. The summed E-state index contributed by atoms with van der Waals surface area (Å²) >= 11 is -2.42. The standard InChI is InChI=1S/C16H24Si2.4C4H9.2Al/c1-17(2,3)13-11-15-7-9-16(10-8-15)12-14-18(4,5)6;4*1-4(2)3;;/h7-12H,1-6H3;4*1-3H3;;. The van der Waals surface area contributed by atoms with Crippen molar-refractivity contribution in [2.24, 2.45) is 0 Å². The first kappa shape index (κ1) is 34.2. The van der Waals surface area contributed by atoms with Crippen LogP contribution in [0.5, 0.6) is 0 Å². The van der Waals surface area contributed by atoms with Gasteiger partial charge in [0.15, 0.2) is 0 Å². The predicted molar refractivity (Wildman–Crippen MR) is 179 cm³/mol. The minimum Gasteiger partial charge on any atom is -0.138 e. The average molecular weight is 555 g/mol. The Morgan fingerprint density at radius 1 is 0.472 bits per heavy atom. The highest BCUT2D eigenvalue weighted by atomic mass is 28.3. The molecule has 0 heterocycles. The molecular formula is C32H60Al2Si2. The second-order valence-electron chi connectivity index (χ2n) is 17.7. The summed E-state index contributed by atoms with van der Waals surface area (Å²) in [5, 5.41) is 0. The summed E-state index contributed by atoms with van der Waals surface area (Å²) in [4.78, 5) is 0. The van der Waals surface area contributed by atoms with Gasteiger partial charge in [-0.1, -0.05) is 176 Å². The highest BCUT2D eigenvalue weighted by Gasteiger charge is 2.48. The van der Waals surface area contributed by atoms with Gasteiger partial charge >= 0.3 is 28.3 Å². The van der Waals surface area contributed by atoms with Crippen molar-refractivity contribution in [2.45, 2.75) is 139 Å².